The van der Waals surface area contributed by atoms with Crippen LogP contribution in [0.1, 0.15) is 108 Å². The van der Waals surface area contributed by atoms with Crippen LogP contribution in [0.25, 0.3) is 0 Å². The van der Waals surface area contributed by atoms with Gasteiger partial charge in [0.05, 0.1) is 0 Å². The smallest absolute Gasteiger partial charge is 0.251 e. The maximum Gasteiger partial charge on any atom is 0.251 e. The Labute approximate surface area is 171 Å². The van der Waals surface area contributed by atoms with Crippen LogP contribution in [0.2, 0.25) is 0 Å². The van der Waals surface area contributed by atoms with E-state index in [4.69, 9.17) is 0 Å². The Morgan fingerprint density at radius 1 is 0.714 bits per heavy atom. The first-order valence-electron chi connectivity index (χ1n) is 11.4. The number of benzene rings is 1. The maximum absolute atomic E-state index is 12.0. The molecule has 0 fully saturated rings. The molecule has 2 N–H and O–H groups in total. The maximum atomic E-state index is 12.0. The van der Waals surface area contributed by atoms with Crippen molar-refractivity contribution in [3.63, 3.8) is 0 Å². The van der Waals surface area contributed by atoms with Crippen molar-refractivity contribution in [3.8, 4) is 0 Å². The fourth-order valence-electron chi connectivity index (χ4n) is 3.22. The number of carbonyl (C=O) groups is 2. The predicted molar refractivity (Wildman–Crippen MR) is 119 cm³/mol. The average molecular weight is 389 g/mol. The number of amides is 2. The molecule has 0 aliphatic carbocycles. The molecule has 0 heterocycles. The van der Waals surface area contributed by atoms with Crippen LogP contribution in [-0.4, -0.2) is 18.4 Å². The molecule has 4 nitrogen and oxygen atoms in total. The van der Waals surface area contributed by atoms with Gasteiger partial charge < -0.3 is 10.6 Å². The molecular formula is C24H40N2O2. The number of unbranched alkanes of at least 4 members (excludes halogenated alkanes) is 10. The number of rotatable bonds is 16. The lowest BCUT2D eigenvalue weighted by molar-refractivity contribution is -0.116. The quantitative estimate of drug-likeness (QED) is 0.319. The lowest BCUT2D eigenvalue weighted by Gasteiger charge is -2.07. The number of hydrogen-bond acceptors (Lipinski definition) is 2. The molecule has 0 atom stereocenters. The number of hydrogen-bond donors (Lipinski definition) is 2. The monoisotopic (exact) mass is 388 g/mol. The fourth-order valence-corrected chi connectivity index (χ4v) is 3.22. The van der Waals surface area contributed by atoms with E-state index in [2.05, 4.69) is 17.6 Å². The zero-order valence-electron chi connectivity index (χ0n) is 18.0. The van der Waals surface area contributed by atoms with Crippen LogP contribution < -0.4 is 10.6 Å². The molecule has 2 amide bonds. The molecule has 0 radical (unpaired) electrons. The molecule has 0 saturated carbocycles. The van der Waals surface area contributed by atoms with Gasteiger partial charge in [0.1, 0.15) is 0 Å². The highest BCUT2D eigenvalue weighted by Crippen LogP contribution is 2.13. The molecular weight excluding hydrogens is 348 g/mol. The van der Waals surface area contributed by atoms with E-state index in [9.17, 15) is 9.59 Å². The standard InChI is InChI=1S/C24H40N2O2/c1-3-5-6-7-8-9-10-11-12-13-14-15-23(27)26-22-18-16-21(17-19-22)24(28)25-20-4-2/h16-19H,3-15,20H2,1-2H3,(H,25,28)(H,26,27). The highest BCUT2D eigenvalue weighted by atomic mass is 16.2. The third-order valence-corrected chi connectivity index (χ3v) is 4.97. The average Bonchev–Trinajstić information content (AvgIpc) is 2.70. The summed E-state index contributed by atoms with van der Waals surface area (Å²) >= 11 is 0. The van der Waals surface area contributed by atoms with Gasteiger partial charge in [-0.05, 0) is 37.1 Å². The SMILES string of the molecule is CCCCCCCCCCCCCC(=O)Nc1ccc(C(=O)NCCC)cc1. The summed E-state index contributed by atoms with van der Waals surface area (Å²) in [5, 5.41) is 5.76. The lowest BCUT2D eigenvalue weighted by atomic mass is 10.1. The van der Waals surface area contributed by atoms with Gasteiger partial charge in [-0.1, -0.05) is 78.1 Å². The van der Waals surface area contributed by atoms with Gasteiger partial charge in [0.2, 0.25) is 5.91 Å². The van der Waals surface area contributed by atoms with Gasteiger partial charge in [0, 0.05) is 24.2 Å². The Morgan fingerprint density at radius 3 is 1.79 bits per heavy atom. The molecule has 1 aromatic rings. The van der Waals surface area contributed by atoms with Crippen LogP contribution in [0.4, 0.5) is 5.69 Å². The van der Waals surface area contributed by atoms with Crippen LogP contribution in [0, 0.1) is 0 Å². The Balaban J connectivity index is 2.06. The number of nitrogens with one attached hydrogen (secondary N) is 2. The molecule has 158 valence electrons. The zero-order chi connectivity index (χ0) is 20.5. The van der Waals surface area contributed by atoms with Crippen molar-refractivity contribution in [1.82, 2.24) is 5.32 Å². The van der Waals surface area contributed by atoms with Crippen molar-refractivity contribution in [2.75, 3.05) is 11.9 Å². The van der Waals surface area contributed by atoms with E-state index in [0.29, 0.717) is 18.5 Å². The van der Waals surface area contributed by atoms with Crippen molar-refractivity contribution >= 4 is 17.5 Å². The Morgan fingerprint density at radius 2 is 1.25 bits per heavy atom. The lowest BCUT2D eigenvalue weighted by Crippen LogP contribution is -2.23. The highest BCUT2D eigenvalue weighted by molar-refractivity contribution is 5.95. The molecule has 0 aliphatic heterocycles. The minimum absolute atomic E-state index is 0.0547. The van der Waals surface area contributed by atoms with Crippen molar-refractivity contribution in [2.45, 2.75) is 97.3 Å². The minimum atomic E-state index is -0.0688. The van der Waals surface area contributed by atoms with Crippen LogP contribution in [0.5, 0.6) is 0 Å². The second-order valence-corrected chi connectivity index (χ2v) is 7.67. The molecule has 0 unspecified atom stereocenters. The van der Waals surface area contributed by atoms with E-state index in [-0.39, 0.29) is 11.8 Å². The van der Waals surface area contributed by atoms with Crippen LogP contribution in [0.15, 0.2) is 24.3 Å². The van der Waals surface area contributed by atoms with E-state index >= 15 is 0 Å². The van der Waals surface area contributed by atoms with Crippen LogP contribution in [0.3, 0.4) is 0 Å². The largest absolute Gasteiger partial charge is 0.352 e. The van der Waals surface area contributed by atoms with E-state index in [1.165, 1.54) is 57.8 Å². The van der Waals surface area contributed by atoms with Crippen molar-refractivity contribution in [3.05, 3.63) is 29.8 Å². The predicted octanol–water partition coefficient (Wildman–Crippen LogP) is 6.47. The molecule has 1 aromatic carbocycles. The third kappa shape index (κ3) is 11.8. The summed E-state index contributed by atoms with van der Waals surface area (Å²) in [6.07, 6.45) is 15.6. The zero-order valence-corrected chi connectivity index (χ0v) is 18.0. The summed E-state index contributed by atoms with van der Waals surface area (Å²) in [4.78, 5) is 23.9. The first-order valence-corrected chi connectivity index (χ1v) is 11.4. The minimum Gasteiger partial charge on any atom is -0.352 e. The Hall–Kier alpha value is -1.84. The molecule has 4 heteroatoms. The van der Waals surface area contributed by atoms with Gasteiger partial charge in [0.15, 0.2) is 0 Å². The van der Waals surface area contributed by atoms with Crippen LogP contribution in [-0.2, 0) is 4.79 Å². The number of anilines is 1. The third-order valence-electron chi connectivity index (χ3n) is 4.97. The van der Waals surface area contributed by atoms with E-state index in [1.54, 1.807) is 24.3 Å². The van der Waals surface area contributed by atoms with Gasteiger partial charge in [0.25, 0.3) is 5.91 Å². The van der Waals surface area contributed by atoms with Crippen molar-refractivity contribution in [1.29, 1.82) is 0 Å². The molecule has 0 aromatic heterocycles. The fraction of sp³-hybridized carbons (Fsp3) is 0.667. The van der Waals surface area contributed by atoms with Crippen molar-refractivity contribution in [2.24, 2.45) is 0 Å². The summed E-state index contributed by atoms with van der Waals surface area (Å²) < 4.78 is 0. The molecule has 1 rings (SSSR count). The second kappa shape index (κ2) is 16.1. The van der Waals surface area contributed by atoms with E-state index in [1.807, 2.05) is 6.92 Å². The summed E-state index contributed by atoms with van der Waals surface area (Å²) in [6, 6.07) is 7.09. The van der Waals surface area contributed by atoms with E-state index in [0.717, 1.165) is 24.9 Å². The van der Waals surface area contributed by atoms with Gasteiger partial charge in [-0.15, -0.1) is 0 Å². The molecule has 0 spiro atoms. The molecule has 0 bridgehead atoms. The van der Waals surface area contributed by atoms with Gasteiger partial charge >= 0.3 is 0 Å². The Bertz CT molecular complexity index is 540. The van der Waals surface area contributed by atoms with E-state index < -0.39 is 0 Å². The normalized spacial score (nSPS) is 10.6. The van der Waals surface area contributed by atoms with Crippen molar-refractivity contribution < 1.29 is 9.59 Å². The highest BCUT2D eigenvalue weighted by Gasteiger charge is 2.06. The topological polar surface area (TPSA) is 58.2 Å². The van der Waals surface area contributed by atoms with Gasteiger partial charge in [-0.2, -0.15) is 0 Å². The van der Waals surface area contributed by atoms with Gasteiger partial charge in [-0.25, -0.2) is 0 Å². The first kappa shape index (κ1) is 24.2. The van der Waals surface area contributed by atoms with Gasteiger partial charge in [-0.3, -0.25) is 9.59 Å². The summed E-state index contributed by atoms with van der Waals surface area (Å²) in [7, 11) is 0. The molecule has 28 heavy (non-hydrogen) atoms. The summed E-state index contributed by atoms with van der Waals surface area (Å²) in [6.45, 7) is 4.95. The van der Waals surface area contributed by atoms with Crippen LogP contribution >= 0.6 is 0 Å². The number of carbonyl (C=O) groups excluding carboxylic acids is 2. The summed E-state index contributed by atoms with van der Waals surface area (Å²) in [5.74, 6) is -0.0141. The Kier molecular flexibility index (Phi) is 14.0. The summed E-state index contributed by atoms with van der Waals surface area (Å²) in [5.41, 5.74) is 1.37. The molecule has 0 aliphatic rings. The second-order valence-electron chi connectivity index (χ2n) is 7.67. The molecule has 0 saturated heterocycles. The first-order chi connectivity index (χ1) is 13.7.